The van der Waals surface area contributed by atoms with Crippen LogP contribution in [0.4, 0.5) is 0 Å². The van der Waals surface area contributed by atoms with Crippen LogP contribution < -0.4 is 0 Å². The highest BCUT2D eigenvalue weighted by atomic mass is 16.5. The van der Waals surface area contributed by atoms with Crippen molar-refractivity contribution in [3.05, 3.63) is 66.0 Å². The zero-order chi connectivity index (χ0) is 19.3. The minimum absolute atomic E-state index is 0.00834. The van der Waals surface area contributed by atoms with Crippen molar-refractivity contribution in [3.63, 3.8) is 0 Å². The predicted molar refractivity (Wildman–Crippen MR) is 103 cm³/mol. The van der Waals surface area contributed by atoms with Gasteiger partial charge < -0.3 is 19.5 Å². The number of amides is 1. The molecule has 1 aromatic heterocycles. The highest BCUT2D eigenvalue weighted by Crippen LogP contribution is 2.20. The zero-order valence-electron chi connectivity index (χ0n) is 15.8. The Morgan fingerprint density at radius 3 is 2.44 bits per heavy atom. The summed E-state index contributed by atoms with van der Waals surface area (Å²) in [6.07, 6.45) is 3.47. The molecular formula is C21H28N2O4. The Hall–Kier alpha value is -2.28. The molecule has 0 aliphatic carbocycles. The second-order valence-electron chi connectivity index (χ2n) is 6.08. The third kappa shape index (κ3) is 7.09. The number of hydrogen-bond acceptors (Lipinski definition) is 5. The van der Waals surface area contributed by atoms with Crippen LogP contribution in [0.5, 0.6) is 0 Å². The van der Waals surface area contributed by atoms with Crippen LogP contribution in [-0.4, -0.2) is 60.5 Å². The fraction of sp³-hybridized carbons (Fsp3) is 0.429. The van der Waals surface area contributed by atoms with E-state index in [0.717, 1.165) is 11.1 Å². The van der Waals surface area contributed by atoms with Gasteiger partial charge in [0.1, 0.15) is 0 Å². The maximum absolute atomic E-state index is 13.2. The Morgan fingerprint density at radius 1 is 1.07 bits per heavy atom. The molecule has 0 aliphatic rings. The second kappa shape index (κ2) is 12.2. The minimum Gasteiger partial charge on any atom is -0.394 e. The molecule has 1 aromatic carbocycles. The quantitative estimate of drug-likeness (QED) is 0.579. The van der Waals surface area contributed by atoms with Crippen molar-refractivity contribution >= 4 is 5.91 Å². The molecule has 6 nitrogen and oxygen atoms in total. The third-order valence-corrected chi connectivity index (χ3v) is 4.21. The largest absolute Gasteiger partial charge is 0.394 e. The summed E-state index contributed by atoms with van der Waals surface area (Å²) < 4.78 is 10.9. The van der Waals surface area contributed by atoms with Gasteiger partial charge in [0, 0.05) is 25.5 Å². The number of ether oxygens (including phenoxy) is 2. The lowest BCUT2D eigenvalue weighted by Crippen LogP contribution is -2.36. The number of benzene rings is 1. The summed E-state index contributed by atoms with van der Waals surface area (Å²) in [6, 6.07) is 13.5. The van der Waals surface area contributed by atoms with Gasteiger partial charge in [-0.3, -0.25) is 9.78 Å². The van der Waals surface area contributed by atoms with E-state index >= 15 is 0 Å². The van der Waals surface area contributed by atoms with Crippen LogP contribution in [0.3, 0.4) is 0 Å². The first kappa shape index (κ1) is 21.0. The van der Waals surface area contributed by atoms with Crippen LogP contribution >= 0.6 is 0 Å². The van der Waals surface area contributed by atoms with Crippen molar-refractivity contribution in [1.82, 2.24) is 9.88 Å². The standard InChI is InChI=1S/C21H28N2O4/c1-2-23(16-18-8-10-22-11-9-18)21(25)20(19-6-4-3-5-7-19)17-27-15-14-26-13-12-24/h3-11,20,24H,2,12-17H2,1H3. The molecule has 0 saturated heterocycles. The summed E-state index contributed by atoms with van der Waals surface area (Å²) in [7, 11) is 0. The Labute approximate surface area is 160 Å². The first-order valence-electron chi connectivity index (χ1n) is 9.25. The molecule has 0 spiro atoms. The molecule has 0 aliphatic heterocycles. The van der Waals surface area contributed by atoms with E-state index in [1.807, 2.05) is 54.3 Å². The molecule has 6 heteroatoms. The topological polar surface area (TPSA) is 71.9 Å². The van der Waals surface area contributed by atoms with E-state index in [0.29, 0.717) is 32.9 Å². The van der Waals surface area contributed by atoms with Gasteiger partial charge in [0.05, 0.1) is 39.0 Å². The van der Waals surface area contributed by atoms with E-state index in [1.54, 1.807) is 12.4 Å². The minimum atomic E-state index is -0.370. The monoisotopic (exact) mass is 372 g/mol. The molecule has 27 heavy (non-hydrogen) atoms. The molecule has 1 atom stereocenters. The van der Waals surface area contributed by atoms with Crippen molar-refractivity contribution in [2.24, 2.45) is 0 Å². The van der Waals surface area contributed by atoms with Crippen LogP contribution in [-0.2, 0) is 20.8 Å². The number of hydrogen-bond donors (Lipinski definition) is 1. The number of aliphatic hydroxyl groups is 1. The molecule has 0 bridgehead atoms. The van der Waals surface area contributed by atoms with Crippen molar-refractivity contribution in [2.75, 3.05) is 39.6 Å². The van der Waals surface area contributed by atoms with E-state index in [2.05, 4.69) is 4.98 Å². The lowest BCUT2D eigenvalue weighted by molar-refractivity contribution is -0.135. The lowest BCUT2D eigenvalue weighted by atomic mass is 9.98. The molecule has 0 saturated carbocycles. The number of aliphatic hydroxyl groups excluding tert-OH is 1. The number of pyridine rings is 1. The summed E-state index contributed by atoms with van der Waals surface area (Å²) >= 11 is 0. The summed E-state index contributed by atoms with van der Waals surface area (Å²) in [5.41, 5.74) is 1.98. The zero-order valence-corrected chi connectivity index (χ0v) is 15.8. The molecule has 1 N–H and O–H groups in total. The summed E-state index contributed by atoms with van der Waals surface area (Å²) in [6.45, 7) is 4.48. The average molecular weight is 372 g/mol. The average Bonchev–Trinajstić information content (AvgIpc) is 2.72. The summed E-state index contributed by atoms with van der Waals surface area (Å²) in [5, 5.41) is 8.72. The Bertz CT molecular complexity index is 652. The van der Waals surface area contributed by atoms with E-state index in [-0.39, 0.29) is 25.0 Å². The van der Waals surface area contributed by atoms with Crippen LogP contribution in [0, 0.1) is 0 Å². The highest BCUT2D eigenvalue weighted by Gasteiger charge is 2.25. The molecule has 0 radical (unpaired) electrons. The Morgan fingerprint density at radius 2 is 1.78 bits per heavy atom. The van der Waals surface area contributed by atoms with E-state index in [9.17, 15) is 4.79 Å². The van der Waals surface area contributed by atoms with Gasteiger partial charge in [-0.2, -0.15) is 0 Å². The fourth-order valence-corrected chi connectivity index (χ4v) is 2.76. The third-order valence-electron chi connectivity index (χ3n) is 4.21. The molecule has 0 fully saturated rings. The van der Waals surface area contributed by atoms with E-state index < -0.39 is 0 Å². The molecule has 2 rings (SSSR count). The van der Waals surface area contributed by atoms with E-state index in [4.69, 9.17) is 14.6 Å². The van der Waals surface area contributed by atoms with Crippen LogP contribution in [0.15, 0.2) is 54.9 Å². The molecule has 1 unspecified atom stereocenters. The molecule has 1 heterocycles. The van der Waals surface area contributed by atoms with Gasteiger partial charge in [-0.25, -0.2) is 0 Å². The van der Waals surface area contributed by atoms with Gasteiger partial charge in [-0.1, -0.05) is 30.3 Å². The predicted octanol–water partition coefficient (Wildman–Crippen LogP) is 2.24. The normalized spacial score (nSPS) is 11.9. The molecule has 146 valence electrons. The van der Waals surface area contributed by atoms with Gasteiger partial charge >= 0.3 is 0 Å². The van der Waals surface area contributed by atoms with Gasteiger partial charge in [0.25, 0.3) is 0 Å². The first-order chi connectivity index (χ1) is 13.3. The van der Waals surface area contributed by atoms with Crippen molar-refractivity contribution in [3.8, 4) is 0 Å². The van der Waals surface area contributed by atoms with Crippen molar-refractivity contribution < 1.29 is 19.4 Å². The smallest absolute Gasteiger partial charge is 0.232 e. The molecule has 2 aromatic rings. The van der Waals surface area contributed by atoms with Gasteiger partial charge in [0.15, 0.2) is 0 Å². The number of rotatable bonds is 12. The lowest BCUT2D eigenvalue weighted by Gasteiger charge is -2.27. The SMILES string of the molecule is CCN(Cc1ccncc1)C(=O)C(COCCOCCO)c1ccccc1. The maximum atomic E-state index is 13.2. The fourth-order valence-electron chi connectivity index (χ4n) is 2.76. The van der Waals surface area contributed by atoms with E-state index in [1.165, 1.54) is 0 Å². The van der Waals surface area contributed by atoms with Crippen LogP contribution in [0.25, 0.3) is 0 Å². The van der Waals surface area contributed by atoms with Gasteiger partial charge in [0.2, 0.25) is 5.91 Å². The Balaban J connectivity index is 2.03. The number of likely N-dealkylation sites (N-methyl/N-ethyl adjacent to an activating group) is 1. The number of aromatic nitrogens is 1. The Kier molecular flexibility index (Phi) is 9.48. The highest BCUT2D eigenvalue weighted by molar-refractivity contribution is 5.84. The molecule has 1 amide bonds. The van der Waals surface area contributed by atoms with Crippen molar-refractivity contribution in [1.29, 1.82) is 0 Å². The summed E-state index contributed by atoms with van der Waals surface area (Å²) in [5.74, 6) is -0.331. The van der Waals surface area contributed by atoms with Crippen LogP contribution in [0.2, 0.25) is 0 Å². The first-order valence-corrected chi connectivity index (χ1v) is 9.25. The van der Waals surface area contributed by atoms with Gasteiger partial charge in [-0.15, -0.1) is 0 Å². The second-order valence-corrected chi connectivity index (χ2v) is 6.08. The number of carbonyl (C=O) groups excluding carboxylic acids is 1. The maximum Gasteiger partial charge on any atom is 0.232 e. The summed E-state index contributed by atoms with van der Waals surface area (Å²) in [4.78, 5) is 19.1. The number of carbonyl (C=O) groups is 1. The van der Waals surface area contributed by atoms with Gasteiger partial charge in [-0.05, 0) is 30.2 Å². The molecular weight excluding hydrogens is 344 g/mol. The number of nitrogens with zero attached hydrogens (tertiary/aromatic N) is 2. The van der Waals surface area contributed by atoms with Crippen molar-refractivity contribution in [2.45, 2.75) is 19.4 Å². The van der Waals surface area contributed by atoms with Crippen LogP contribution in [0.1, 0.15) is 24.0 Å².